The summed E-state index contributed by atoms with van der Waals surface area (Å²) in [5.74, 6) is 0. The van der Waals surface area contributed by atoms with E-state index < -0.39 is 6.43 Å². The maximum Gasteiger partial charge on any atom is 0.264 e. The lowest BCUT2D eigenvalue weighted by Crippen LogP contribution is -2.25. The molecule has 0 atom stereocenters. The number of thiol groups is 1. The number of hydrogen-bond acceptors (Lipinski definition) is 4. The summed E-state index contributed by atoms with van der Waals surface area (Å²) in [6.45, 7) is 9.45. The molecular weight excluding hydrogens is 328 g/mol. The van der Waals surface area contributed by atoms with Crippen LogP contribution < -0.4 is 10.3 Å². The quantitative estimate of drug-likeness (QED) is 0.721. The van der Waals surface area contributed by atoms with E-state index in [0.29, 0.717) is 12.1 Å². The summed E-state index contributed by atoms with van der Waals surface area (Å²) in [6.07, 6.45) is 1.29. The molecule has 2 aliphatic heterocycles. The van der Waals surface area contributed by atoms with Crippen LogP contribution in [0.5, 0.6) is 0 Å². The Morgan fingerprint density at radius 1 is 1.17 bits per heavy atom. The lowest BCUT2D eigenvalue weighted by molar-refractivity contribution is 0.151. The number of nitrogens with one attached hydrogen (secondary N) is 1. The van der Waals surface area contributed by atoms with Crippen LogP contribution in [0.15, 0.2) is 18.3 Å². The number of aryl methyl sites for hydroxylation is 1. The third kappa shape index (κ3) is 4.63. The highest BCUT2D eigenvalue weighted by molar-refractivity contribution is 7.77. The van der Waals surface area contributed by atoms with Gasteiger partial charge >= 0.3 is 0 Å². The largest absolute Gasteiger partial charge is 0.374 e. The van der Waals surface area contributed by atoms with Gasteiger partial charge in [-0.1, -0.05) is 27.7 Å². The molecule has 0 aliphatic carbocycles. The van der Waals surface area contributed by atoms with Gasteiger partial charge in [0.05, 0.1) is 0 Å². The normalized spacial score (nSPS) is 16.0. The van der Waals surface area contributed by atoms with Gasteiger partial charge in [-0.15, -0.1) is 0 Å². The first-order chi connectivity index (χ1) is 11.6. The molecule has 0 unspecified atom stereocenters. The van der Waals surface area contributed by atoms with Gasteiger partial charge in [0.15, 0.2) is 0 Å². The van der Waals surface area contributed by atoms with Gasteiger partial charge in [-0.05, 0) is 54.5 Å². The molecule has 0 amide bonds. The summed E-state index contributed by atoms with van der Waals surface area (Å²) in [7, 11) is 1.96. The van der Waals surface area contributed by atoms with Crippen molar-refractivity contribution in [1.29, 1.82) is 0 Å². The summed E-state index contributed by atoms with van der Waals surface area (Å²) < 4.78 is 28.3. The number of halogens is 2. The third-order valence-electron chi connectivity index (χ3n) is 3.89. The standard InChI is InChI=1S/C14H17F2N3S.2C2H6/c1-18-4-2-3-9-5-11(10-7-17-19(20)8-10)12(14(15)16)6-13(9)18;2*1-2/h5-6,8,14,17,20H,2-4,7H2,1H3;2*1-2H3. The molecule has 0 fully saturated rings. The molecule has 0 saturated heterocycles. The monoisotopic (exact) mass is 357 g/mol. The molecule has 1 aromatic rings. The maximum atomic E-state index is 13.4. The number of rotatable bonds is 2. The Labute approximate surface area is 150 Å². The molecule has 0 radical (unpaired) electrons. The number of anilines is 1. The molecule has 3 nitrogen and oxygen atoms in total. The number of alkyl halides is 2. The van der Waals surface area contributed by atoms with Crippen molar-refractivity contribution < 1.29 is 8.78 Å². The lowest BCUT2D eigenvalue weighted by Gasteiger charge is -2.29. The number of nitrogens with zero attached hydrogens (tertiary/aromatic N) is 2. The minimum absolute atomic E-state index is 0.106. The SMILES string of the molecule is CC.CC.CN1CCCc2cc(C3=CN(S)NC3)c(C(F)F)cc21. The van der Waals surface area contributed by atoms with Crippen LogP contribution in [0.1, 0.15) is 57.2 Å². The predicted molar refractivity (Wildman–Crippen MR) is 102 cm³/mol. The first kappa shape index (κ1) is 20.8. The van der Waals surface area contributed by atoms with E-state index in [1.54, 1.807) is 12.3 Å². The highest BCUT2D eigenvalue weighted by Gasteiger charge is 2.24. The van der Waals surface area contributed by atoms with Crippen molar-refractivity contribution >= 4 is 24.1 Å². The van der Waals surface area contributed by atoms with Crippen LogP contribution in [0.25, 0.3) is 5.57 Å². The topological polar surface area (TPSA) is 18.5 Å². The van der Waals surface area contributed by atoms with Gasteiger partial charge in [0.25, 0.3) is 6.43 Å². The van der Waals surface area contributed by atoms with E-state index in [1.165, 1.54) is 4.41 Å². The molecule has 2 heterocycles. The smallest absolute Gasteiger partial charge is 0.264 e. The van der Waals surface area contributed by atoms with Crippen LogP contribution in [0.4, 0.5) is 14.5 Å². The fourth-order valence-electron chi connectivity index (χ4n) is 2.86. The molecule has 3 rings (SSSR count). The number of hydrazine groups is 1. The van der Waals surface area contributed by atoms with E-state index in [2.05, 4.69) is 23.1 Å². The van der Waals surface area contributed by atoms with E-state index in [-0.39, 0.29) is 5.56 Å². The Kier molecular flexibility index (Phi) is 8.56. The Morgan fingerprint density at radius 3 is 2.38 bits per heavy atom. The summed E-state index contributed by atoms with van der Waals surface area (Å²) in [4.78, 5) is 2.06. The molecule has 0 spiro atoms. The van der Waals surface area contributed by atoms with E-state index in [4.69, 9.17) is 0 Å². The predicted octanol–water partition coefficient (Wildman–Crippen LogP) is 5.06. The summed E-state index contributed by atoms with van der Waals surface area (Å²) >= 11 is 4.15. The maximum absolute atomic E-state index is 13.4. The van der Waals surface area contributed by atoms with Crippen molar-refractivity contribution in [1.82, 2.24) is 9.84 Å². The van der Waals surface area contributed by atoms with Crippen LogP contribution in [0.3, 0.4) is 0 Å². The van der Waals surface area contributed by atoms with Crippen molar-refractivity contribution in [3.05, 3.63) is 35.0 Å². The summed E-state index contributed by atoms with van der Waals surface area (Å²) in [5.41, 5.74) is 6.65. The zero-order chi connectivity index (χ0) is 18.3. The van der Waals surface area contributed by atoms with Gasteiger partial charge in [-0.2, -0.15) is 0 Å². The molecule has 2 aliphatic rings. The van der Waals surface area contributed by atoms with Gasteiger partial charge < -0.3 is 4.90 Å². The second-order valence-electron chi connectivity index (χ2n) is 5.23. The third-order valence-corrected chi connectivity index (χ3v) is 4.15. The van der Waals surface area contributed by atoms with Crippen LogP contribution >= 0.6 is 12.8 Å². The molecule has 24 heavy (non-hydrogen) atoms. The van der Waals surface area contributed by atoms with Crippen molar-refractivity contribution in [2.24, 2.45) is 0 Å². The molecule has 136 valence electrons. The zero-order valence-corrected chi connectivity index (χ0v) is 16.1. The highest BCUT2D eigenvalue weighted by Crippen LogP contribution is 2.37. The number of fused-ring (bicyclic) bond motifs is 1. The molecule has 0 bridgehead atoms. The second kappa shape index (κ2) is 9.89. The fraction of sp³-hybridized carbons (Fsp3) is 0.556. The fourth-order valence-corrected chi connectivity index (χ4v) is 3.07. The van der Waals surface area contributed by atoms with E-state index in [1.807, 2.05) is 40.8 Å². The van der Waals surface area contributed by atoms with Crippen LogP contribution in [0.2, 0.25) is 0 Å². The van der Waals surface area contributed by atoms with Gasteiger partial charge in [-0.25, -0.2) is 14.2 Å². The lowest BCUT2D eigenvalue weighted by atomic mass is 9.92. The Hall–Kier alpha value is -1.27. The Morgan fingerprint density at radius 2 is 1.83 bits per heavy atom. The molecule has 1 aromatic carbocycles. The second-order valence-corrected chi connectivity index (χ2v) is 5.66. The highest BCUT2D eigenvalue weighted by atomic mass is 32.1. The van der Waals surface area contributed by atoms with E-state index >= 15 is 0 Å². The molecule has 0 aromatic heterocycles. The van der Waals surface area contributed by atoms with Crippen molar-refractivity contribution in [2.45, 2.75) is 47.0 Å². The first-order valence-electron chi connectivity index (χ1n) is 8.65. The Balaban J connectivity index is 0.000000671. The molecular formula is C18H29F2N3S. The Bertz CT molecular complexity index is 561. The molecule has 1 N–H and O–H groups in total. The van der Waals surface area contributed by atoms with E-state index in [9.17, 15) is 8.78 Å². The van der Waals surface area contributed by atoms with Gasteiger partial charge in [-0.3, -0.25) is 4.41 Å². The van der Waals surface area contributed by atoms with Crippen molar-refractivity contribution in [3.63, 3.8) is 0 Å². The number of benzene rings is 1. The molecule has 6 heteroatoms. The molecule has 0 saturated carbocycles. The average Bonchev–Trinajstić information content (AvgIpc) is 3.04. The summed E-state index contributed by atoms with van der Waals surface area (Å²) in [6, 6.07) is 3.57. The van der Waals surface area contributed by atoms with E-state index in [0.717, 1.165) is 36.2 Å². The van der Waals surface area contributed by atoms with Gasteiger partial charge in [0, 0.05) is 37.6 Å². The minimum atomic E-state index is -2.47. The summed E-state index contributed by atoms with van der Waals surface area (Å²) in [5, 5.41) is 0. The number of hydrogen-bond donors (Lipinski definition) is 2. The first-order valence-corrected chi connectivity index (χ1v) is 9.05. The zero-order valence-electron chi connectivity index (χ0n) is 15.2. The van der Waals surface area contributed by atoms with Crippen LogP contribution in [0, 0.1) is 0 Å². The van der Waals surface area contributed by atoms with Crippen molar-refractivity contribution in [2.75, 3.05) is 25.0 Å². The van der Waals surface area contributed by atoms with Crippen molar-refractivity contribution in [3.8, 4) is 0 Å². The minimum Gasteiger partial charge on any atom is -0.374 e. The van der Waals surface area contributed by atoms with Gasteiger partial charge in [0.1, 0.15) is 0 Å². The van der Waals surface area contributed by atoms with Crippen LogP contribution in [-0.2, 0) is 6.42 Å². The average molecular weight is 358 g/mol. The van der Waals surface area contributed by atoms with Gasteiger partial charge in [0.2, 0.25) is 0 Å². The van der Waals surface area contributed by atoms with Crippen LogP contribution in [-0.4, -0.2) is 24.6 Å².